The Morgan fingerprint density at radius 1 is 1.00 bits per heavy atom. The second kappa shape index (κ2) is 4.57. The summed E-state index contributed by atoms with van der Waals surface area (Å²) in [5.41, 5.74) is -0.173. The highest BCUT2D eigenvalue weighted by molar-refractivity contribution is 7.86. The molecule has 0 radical (unpaired) electrons. The summed E-state index contributed by atoms with van der Waals surface area (Å²) in [6.45, 7) is 0. The Balaban J connectivity index is 2.13. The lowest BCUT2D eigenvalue weighted by Crippen LogP contribution is -1.95. The number of fused-ring (bicyclic) bond motifs is 1. The second-order valence-corrected chi connectivity index (χ2v) is 5.19. The molecule has 20 heavy (non-hydrogen) atoms. The molecule has 0 bridgehead atoms. The molecule has 1 aromatic heterocycles. The fraction of sp³-hybridized carbons (Fsp3) is 0. The molecule has 0 saturated carbocycles. The predicted octanol–water partition coefficient (Wildman–Crippen LogP) is 2.67. The van der Waals surface area contributed by atoms with E-state index >= 15 is 0 Å². The molecule has 3 aromatic rings. The van der Waals surface area contributed by atoms with E-state index in [4.69, 9.17) is 4.74 Å². The molecule has 2 aromatic carbocycles. The Morgan fingerprint density at radius 3 is 2.40 bits per heavy atom. The maximum absolute atomic E-state index is 13.1. The number of aromatic nitrogens is 2. The minimum Gasteiger partial charge on any atom is -0.455 e. The summed E-state index contributed by atoms with van der Waals surface area (Å²) in [4.78, 5) is -0.603. The predicted molar refractivity (Wildman–Crippen MR) is 66.6 cm³/mol. The average molecular weight is 294 g/mol. The maximum atomic E-state index is 13.1. The zero-order chi connectivity index (χ0) is 14.2. The first-order valence-electron chi connectivity index (χ1n) is 5.48. The summed E-state index contributed by atoms with van der Waals surface area (Å²) in [6.07, 6.45) is 0. The van der Waals surface area contributed by atoms with Crippen molar-refractivity contribution in [2.24, 2.45) is 0 Å². The van der Waals surface area contributed by atoms with Crippen LogP contribution in [0.3, 0.4) is 0 Å². The summed E-state index contributed by atoms with van der Waals surface area (Å²) in [7, 11) is -4.91. The Hall–Kier alpha value is -2.48. The molecule has 3 rings (SSSR count). The minimum absolute atomic E-state index is 0.0348. The SMILES string of the molecule is O=S(=O)(F)c1ccc(Oc2ccccc2)c2nonc12. The van der Waals surface area contributed by atoms with Gasteiger partial charge in [-0.2, -0.15) is 8.42 Å². The van der Waals surface area contributed by atoms with Crippen LogP contribution in [0.25, 0.3) is 11.0 Å². The van der Waals surface area contributed by atoms with Crippen molar-refractivity contribution in [1.29, 1.82) is 0 Å². The third kappa shape index (κ3) is 2.21. The van der Waals surface area contributed by atoms with Gasteiger partial charge >= 0.3 is 10.2 Å². The topological polar surface area (TPSA) is 82.3 Å². The largest absolute Gasteiger partial charge is 0.455 e. The van der Waals surface area contributed by atoms with Crippen LogP contribution < -0.4 is 4.74 Å². The first-order valence-corrected chi connectivity index (χ1v) is 6.87. The van der Waals surface area contributed by atoms with E-state index < -0.39 is 15.1 Å². The molecular weight excluding hydrogens is 287 g/mol. The molecule has 6 nitrogen and oxygen atoms in total. The van der Waals surface area contributed by atoms with Crippen LogP contribution in [0.5, 0.6) is 11.5 Å². The molecule has 0 saturated heterocycles. The van der Waals surface area contributed by atoms with E-state index in [-0.39, 0.29) is 16.8 Å². The normalized spacial score (nSPS) is 11.7. The minimum atomic E-state index is -4.91. The molecule has 102 valence electrons. The number of rotatable bonds is 3. The number of nitrogens with zero attached hydrogens (tertiary/aromatic N) is 2. The van der Waals surface area contributed by atoms with Crippen LogP contribution in [0.4, 0.5) is 3.89 Å². The lowest BCUT2D eigenvalue weighted by molar-refractivity contribution is 0.314. The first-order chi connectivity index (χ1) is 9.55. The van der Waals surface area contributed by atoms with E-state index in [1.165, 1.54) is 6.07 Å². The first kappa shape index (κ1) is 12.5. The van der Waals surface area contributed by atoms with Gasteiger partial charge < -0.3 is 4.74 Å². The van der Waals surface area contributed by atoms with E-state index in [0.717, 1.165) is 6.07 Å². The number of hydrogen-bond acceptors (Lipinski definition) is 6. The summed E-state index contributed by atoms with van der Waals surface area (Å²) >= 11 is 0. The molecular formula is C12H7FN2O4S. The van der Waals surface area contributed by atoms with E-state index in [9.17, 15) is 12.3 Å². The Morgan fingerprint density at radius 2 is 1.70 bits per heavy atom. The van der Waals surface area contributed by atoms with E-state index in [2.05, 4.69) is 14.9 Å². The van der Waals surface area contributed by atoms with Gasteiger partial charge in [-0.05, 0) is 34.6 Å². The van der Waals surface area contributed by atoms with Crippen LogP contribution >= 0.6 is 0 Å². The number of ether oxygens (including phenoxy) is 1. The average Bonchev–Trinajstić information content (AvgIpc) is 2.88. The highest BCUT2D eigenvalue weighted by atomic mass is 32.3. The van der Waals surface area contributed by atoms with Crippen LogP contribution in [0, 0.1) is 0 Å². The quantitative estimate of drug-likeness (QED) is 0.691. The summed E-state index contributed by atoms with van der Waals surface area (Å²) < 4.78 is 45.1. The highest BCUT2D eigenvalue weighted by Gasteiger charge is 2.22. The smallest absolute Gasteiger partial charge is 0.334 e. The Labute approximate surface area is 113 Å². The third-order valence-electron chi connectivity index (χ3n) is 2.58. The fourth-order valence-corrected chi connectivity index (χ4v) is 2.31. The molecule has 1 heterocycles. The van der Waals surface area contributed by atoms with Crippen molar-refractivity contribution >= 4 is 21.3 Å². The van der Waals surface area contributed by atoms with Crippen molar-refractivity contribution in [3.8, 4) is 11.5 Å². The summed E-state index contributed by atoms with van der Waals surface area (Å²) in [6, 6.07) is 11.1. The standard InChI is InChI=1S/C12H7FN2O4S/c13-20(16,17)10-7-6-9(11-12(10)15-19-14-11)18-8-4-2-1-3-5-8/h1-7H. The van der Waals surface area contributed by atoms with Crippen molar-refractivity contribution in [2.75, 3.05) is 0 Å². The molecule has 0 fully saturated rings. The van der Waals surface area contributed by atoms with E-state index in [0.29, 0.717) is 5.75 Å². The van der Waals surface area contributed by atoms with Crippen LogP contribution in [0.2, 0.25) is 0 Å². The third-order valence-corrected chi connectivity index (χ3v) is 3.43. The van der Waals surface area contributed by atoms with Gasteiger partial charge in [0.1, 0.15) is 10.6 Å². The lowest BCUT2D eigenvalue weighted by atomic mass is 10.3. The molecule has 0 aliphatic carbocycles. The molecule has 0 spiro atoms. The Bertz CT molecular complexity index is 862. The van der Waals surface area contributed by atoms with Crippen molar-refractivity contribution in [2.45, 2.75) is 4.90 Å². The Kier molecular flexibility index (Phi) is 2.87. The van der Waals surface area contributed by atoms with Gasteiger partial charge in [0.25, 0.3) is 0 Å². The lowest BCUT2D eigenvalue weighted by Gasteiger charge is -2.05. The van der Waals surface area contributed by atoms with E-state index in [1.807, 2.05) is 6.07 Å². The van der Waals surface area contributed by atoms with Gasteiger partial charge in [0.2, 0.25) is 0 Å². The van der Waals surface area contributed by atoms with E-state index in [1.54, 1.807) is 24.3 Å². The van der Waals surface area contributed by atoms with Gasteiger partial charge in [-0.1, -0.05) is 18.2 Å². The number of hydrogen-bond donors (Lipinski definition) is 0. The molecule has 0 atom stereocenters. The van der Waals surface area contributed by atoms with Crippen LogP contribution in [0.1, 0.15) is 0 Å². The highest BCUT2D eigenvalue weighted by Crippen LogP contribution is 2.32. The second-order valence-electron chi connectivity index (χ2n) is 3.88. The van der Waals surface area contributed by atoms with Gasteiger partial charge in [0, 0.05) is 0 Å². The van der Waals surface area contributed by atoms with Crippen molar-refractivity contribution < 1.29 is 21.7 Å². The number of halogens is 1. The molecule has 0 aliphatic rings. The molecule has 0 amide bonds. The van der Waals surface area contributed by atoms with Gasteiger partial charge in [-0.25, -0.2) is 4.63 Å². The van der Waals surface area contributed by atoms with Gasteiger partial charge in [0.05, 0.1) is 0 Å². The molecule has 0 aliphatic heterocycles. The van der Waals surface area contributed by atoms with Crippen LogP contribution in [-0.2, 0) is 10.2 Å². The summed E-state index contributed by atoms with van der Waals surface area (Å²) in [5.74, 6) is 0.743. The molecule has 0 unspecified atom stereocenters. The van der Waals surface area contributed by atoms with Gasteiger partial charge in [-0.3, -0.25) is 0 Å². The van der Waals surface area contributed by atoms with Gasteiger partial charge in [-0.15, -0.1) is 3.89 Å². The number of benzene rings is 2. The molecule has 8 heteroatoms. The van der Waals surface area contributed by atoms with Crippen molar-refractivity contribution in [3.63, 3.8) is 0 Å². The number of para-hydroxylation sites is 1. The monoisotopic (exact) mass is 294 g/mol. The van der Waals surface area contributed by atoms with Crippen LogP contribution in [0.15, 0.2) is 52.0 Å². The van der Waals surface area contributed by atoms with Crippen LogP contribution in [-0.4, -0.2) is 18.7 Å². The fourth-order valence-electron chi connectivity index (χ4n) is 1.72. The zero-order valence-corrected chi connectivity index (χ0v) is 10.7. The van der Waals surface area contributed by atoms with Crippen molar-refractivity contribution in [1.82, 2.24) is 10.3 Å². The molecule has 0 N–H and O–H groups in total. The van der Waals surface area contributed by atoms with Crippen molar-refractivity contribution in [3.05, 3.63) is 42.5 Å². The zero-order valence-electron chi connectivity index (χ0n) is 9.86. The summed E-state index contributed by atoms with van der Waals surface area (Å²) in [5, 5.41) is 6.95. The maximum Gasteiger partial charge on any atom is 0.334 e. The van der Waals surface area contributed by atoms with Gasteiger partial charge in [0.15, 0.2) is 16.8 Å².